The van der Waals surface area contributed by atoms with Crippen LogP contribution in [-0.2, 0) is 16.4 Å². The minimum atomic E-state index is -3.65. The predicted octanol–water partition coefficient (Wildman–Crippen LogP) is 0.641. The number of rotatable bonds is 5. The van der Waals surface area contributed by atoms with Crippen molar-refractivity contribution in [2.24, 2.45) is 0 Å². The number of nitrogens with zero attached hydrogens (tertiary/aromatic N) is 2. The molecule has 0 atom stereocenters. The van der Waals surface area contributed by atoms with Gasteiger partial charge >= 0.3 is 0 Å². The van der Waals surface area contributed by atoms with E-state index in [0.717, 1.165) is 5.01 Å². The van der Waals surface area contributed by atoms with E-state index < -0.39 is 10.0 Å². The lowest BCUT2D eigenvalue weighted by Crippen LogP contribution is -2.27. The van der Waals surface area contributed by atoms with Gasteiger partial charge < -0.3 is 5.73 Å². The molecule has 96 valence electrons. The molecule has 18 heavy (non-hydrogen) atoms. The number of nitrogens with one attached hydrogen (secondary N) is 1. The predicted molar refractivity (Wildman–Crippen MR) is 69.7 cm³/mol. The average Bonchev–Trinajstić information content (AvgIpc) is 2.82. The van der Waals surface area contributed by atoms with E-state index in [0.29, 0.717) is 6.42 Å². The summed E-state index contributed by atoms with van der Waals surface area (Å²) >= 11 is 1.49. The molecule has 0 spiro atoms. The van der Waals surface area contributed by atoms with E-state index in [1.54, 1.807) is 12.3 Å². The van der Waals surface area contributed by atoms with Gasteiger partial charge in [-0.05, 0) is 12.1 Å². The maximum absolute atomic E-state index is 11.9. The Morgan fingerprint density at radius 1 is 1.33 bits per heavy atom. The number of anilines is 1. The molecule has 0 saturated heterocycles. The fraction of sp³-hybridized carbons (Fsp3) is 0.200. The fourth-order valence-electron chi connectivity index (χ4n) is 1.36. The lowest BCUT2D eigenvalue weighted by Gasteiger charge is -2.06. The van der Waals surface area contributed by atoms with Crippen LogP contribution in [0.2, 0.25) is 0 Å². The summed E-state index contributed by atoms with van der Waals surface area (Å²) in [6, 6.07) is 3.09. The van der Waals surface area contributed by atoms with E-state index in [9.17, 15) is 8.42 Å². The Labute approximate surface area is 109 Å². The zero-order valence-corrected chi connectivity index (χ0v) is 11.0. The number of nitrogens with two attached hydrogens (primary N) is 1. The van der Waals surface area contributed by atoms with Crippen molar-refractivity contribution in [2.45, 2.75) is 11.4 Å². The van der Waals surface area contributed by atoms with Crippen molar-refractivity contribution < 1.29 is 8.42 Å². The summed E-state index contributed by atoms with van der Waals surface area (Å²) in [6.07, 6.45) is 3.63. The summed E-state index contributed by atoms with van der Waals surface area (Å²) in [5.74, 6) is 0. The summed E-state index contributed by atoms with van der Waals surface area (Å²) in [4.78, 5) is 7.85. The van der Waals surface area contributed by atoms with Crippen LogP contribution in [0.3, 0.4) is 0 Å². The molecule has 2 aromatic rings. The van der Waals surface area contributed by atoms with Crippen LogP contribution in [-0.4, -0.2) is 24.9 Å². The summed E-state index contributed by atoms with van der Waals surface area (Å²) in [5.41, 5.74) is 5.72. The van der Waals surface area contributed by atoms with Crippen molar-refractivity contribution in [1.29, 1.82) is 0 Å². The molecule has 8 heteroatoms. The monoisotopic (exact) mass is 284 g/mol. The van der Waals surface area contributed by atoms with Crippen molar-refractivity contribution in [3.63, 3.8) is 0 Å². The van der Waals surface area contributed by atoms with Gasteiger partial charge in [0, 0.05) is 30.7 Å². The number of sulfonamides is 1. The van der Waals surface area contributed by atoms with Gasteiger partial charge in [-0.25, -0.2) is 23.1 Å². The highest BCUT2D eigenvalue weighted by Crippen LogP contribution is 2.13. The average molecular weight is 284 g/mol. The molecule has 6 nitrogen and oxygen atoms in total. The number of thiazole rings is 1. The first-order valence-corrected chi connectivity index (χ1v) is 7.54. The molecule has 3 N–H and O–H groups in total. The summed E-state index contributed by atoms with van der Waals surface area (Å²) in [5, 5.41) is 2.59. The van der Waals surface area contributed by atoms with Gasteiger partial charge in [-0.2, -0.15) is 0 Å². The lowest BCUT2D eigenvalue weighted by atomic mass is 10.4. The first-order chi connectivity index (χ1) is 8.59. The lowest BCUT2D eigenvalue weighted by molar-refractivity contribution is 0.578. The molecular formula is C10H12N4O2S2. The Kier molecular flexibility index (Phi) is 3.90. The highest BCUT2D eigenvalue weighted by atomic mass is 32.2. The summed E-state index contributed by atoms with van der Waals surface area (Å²) in [6.45, 7) is 0.270. The standard InChI is InChI=1S/C10H12N4O2S2/c11-8-2-1-4-13-10(8)18(15,16)14-5-3-9-12-6-7-17-9/h1-2,4,6-7,14H,3,5,11H2. The van der Waals surface area contributed by atoms with E-state index >= 15 is 0 Å². The molecular weight excluding hydrogens is 272 g/mol. The highest BCUT2D eigenvalue weighted by molar-refractivity contribution is 7.89. The van der Waals surface area contributed by atoms with Crippen LogP contribution in [0.5, 0.6) is 0 Å². The van der Waals surface area contributed by atoms with Gasteiger partial charge in [-0.15, -0.1) is 11.3 Å². The molecule has 0 bridgehead atoms. The second-order valence-corrected chi connectivity index (χ2v) is 6.13. The Morgan fingerprint density at radius 3 is 2.83 bits per heavy atom. The quantitative estimate of drug-likeness (QED) is 0.839. The van der Waals surface area contributed by atoms with Gasteiger partial charge in [0.25, 0.3) is 10.0 Å². The first-order valence-electron chi connectivity index (χ1n) is 5.18. The second-order valence-electron chi connectivity index (χ2n) is 3.47. The van der Waals surface area contributed by atoms with Crippen LogP contribution < -0.4 is 10.5 Å². The van der Waals surface area contributed by atoms with E-state index in [-0.39, 0.29) is 17.3 Å². The Bertz CT molecular complexity index is 611. The van der Waals surface area contributed by atoms with Crippen LogP contribution in [0, 0.1) is 0 Å². The molecule has 2 heterocycles. The zero-order chi connectivity index (χ0) is 13.0. The van der Waals surface area contributed by atoms with Gasteiger partial charge in [0.05, 0.1) is 10.7 Å². The third kappa shape index (κ3) is 3.03. The van der Waals surface area contributed by atoms with Crippen LogP contribution >= 0.6 is 11.3 Å². The molecule has 0 aliphatic heterocycles. The Hall–Kier alpha value is -1.51. The molecule has 2 aromatic heterocycles. The first kappa shape index (κ1) is 12.9. The van der Waals surface area contributed by atoms with E-state index in [2.05, 4.69) is 14.7 Å². The van der Waals surface area contributed by atoms with Gasteiger partial charge in [-0.1, -0.05) is 0 Å². The maximum atomic E-state index is 11.9. The van der Waals surface area contributed by atoms with E-state index in [1.807, 2.05) is 5.38 Å². The number of aromatic nitrogens is 2. The number of hydrogen-bond acceptors (Lipinski definition) is 6. The van der Waals surface area contributed by atoms with Gasteiger partial charge in [0.1, 0.15) is 0 Å². The SMILES string of the molecule is Nc1cccnc1S(=O)(=O)NCCc1nccs1. The van der Waals surface area contributed by atoms with Crippen molar-refractivity contribution in [1.82, 2.24) is 14.7 Å². The third-order valence-corrected chi connectivity index (χ3v) is 4.44. The molecule has 2 rings (SSSR count). The van der Waals surface area contributed by atoms with Crippen molar-refractivity contribution in [3.8, 4) is 0 Å². The summed E-state index contributed by atoms with van der Waals surface area (Å²) in [7, 11) is -3.65. The van der Waals surface area contributed by atoms with Gasteiger partial charge in [0.15, 0.2) is 5.03 Å². The smallest absolute Gasteiger partial charge is 0.260 e. The maximum Gasteiger partial charge on any atom is 0.260 e. The molecule has 0 aliphatic carbocycles. The molecule has 0 aromatic carbocycles. The van der Waals surface area contributed by atoms with Gasteiger partial charge in [-0.3, -0.25) is 0 Å². The van der Waals surface area contributed by atoms with E-state index in [1.165, 1.54) is 23.6 Å². The molecule has 0 aliphatic rings. The molecule has 0 unspecified atom stereocenters. The van der Waals surface area contributed by atoms with Crippen LogP contribution in [0.1, 0.15) is 5.01 Å². The van der Waals surface area contributed by atoms with Crippen LogP contribution in [0.25, 0.3) is 0 Å². The third-order valence-electron chi connectivity index (χ3n) is 2.17. The van der Waals surface area contributed by atoms with E-state index in [4.69, 9.17) is 5.73 Å². The molecule has 0 radical (unpaired) electrons. The number of hydrogen-bond donors (Lipinski definition) is 2. The second kappa shape index (κ2) is 5.42. The Balaban J connectivity index is 2.02. The molecule has 0 fully saturated rings. The number of pyridine rings is 1. The molecule has 0 saturated carbocycles. The largest absolute Gasteiger partial charge is 0.396 e. The van der Waals surface area contributed by atoms with Crippen LogP contribution in [0.15, 0.2) is 34.9 Å². The summed E-state index contributed by atoms with van der Waals surface area (Å²) < 4.78 is 26.3. The van der Waals surface area contributed by atoms with Crippen molar-refractivity contribution >= 4 is 27.0 Å². The van der Waals surface area contributed by atoms with Gasteiger partial charge in [0.2, 0.25) is 0 Å². The van der Waals surface area contributed by atoms with Crippen molar-refractivity contribution in [3.05, 3.63) is 34.9 Å². The minimum absolute atomic E-state index is 0.135. The minimum Gasteiger partial charge on any atom is -0.396 e. The normalized spacial score (nSPS) is 11.6. The van der Waals surface area contributed by atoms with Crippen molar-refractivity contribution in [2.75, 3.05) is 12.3 Å². The number of nitrogen functional groups attached to an aromatic ring is 1. The zero-order valence-electron chi connectivity index (χ0n) is 9.41. The highest BCUT2D eigenvalue weighted by Gasteiger charge is 2.18. The van der Waals surface area contributed by atoms with Crippen LogP contribution in [0.4, 0.5) is 5.69 Å². The molecule has 0 amide bonds. The topological polar surface area (TPSA) is 98.0 Å². The fourth-order valence-corrected chi connectivity index (χ4v) is 3.07. The Morgan fingerprint density at radius 2 is 2.17 bits per heavy atom.